The van der Waals surface area contributed by atoms with Crippen molar-refractivity contribution in [2.45, 2.75) is 38.8 Å². The van der Waals surface area contributed by atoms with Crippen LogP contribution in [0.5, 0.6) is 0 Å². The van der Waals surface area contributed by atoms with Gasteiger partial charge in [-0.05, 0) is 32.1 Å². The molecule has 2 saturated heterocycles. The van der Waals surface area contributed by atoms with Crippen molar-refractivity contribution in [3.05, 3.63) is 24.8 Å². The van der Waals surface area contributed by atoms with Gasteiger partial charge in [-0.15, -0.1) is 0 Å². The lowest BCUT2D eigenvalue weighted by Gasteiger charge is -2.35. The summed E-state index contributed by atoms with van der Waals surface area (Å²) >= 11 is 0. The number of nitrogens with zero attached hydrogens (tertiary/aromatic N) is 4. The summed E-state index contributed by atoms with van der Waals surface area (Å²) < 4.78 is 7.54. The van der Waals surface area contributed by atoms with Crippen molar-refractivity contribution in [3.8, 4) is 0 Å². The highest BCUT2D eigenvalue weighted by Gasteiger charge is 2.38. The number of carbonyl (C=O) groups excluding carboxylic acids is 1. The van der Waals surface area contributed by atoms with E-state index in [1.54, 1.807) is 12.7 Å². The average Bonchev–Trinajstić information content (AvgIpc) is 3.17. The molecule has 3 rings (SSSR count). The largest absolute Gasteiger partial charge is 0.373 e. The Hall–Kier alpha value is -1.69. The van der Waals surface area contributed by atoms with Crippen molar-refractivity contribution in [1.82, 2.24) is 19.7 Å². The molecule has 1 aromatic rings. The molecule has 0 radical (unpaired) electrons. The summed E-state index contributed by atoms with van der Waals surface area (Å²) in [5, 5.41) is 4.16. The molecule has 120 valence electrons. The number of likely N-dealkylation sites (tertiary alicyclic amines) is 1. The van der Waals surface area contributed by atoms with Crippen LogP contribution < -0.4 is 0 Å². The van der Waals surface area contributed by atoms with Crippen LogP contribution in [0.4, 0.5) is 0 Å². The van der Waals surface area contributed by atoms with Gasteiger partial charge in [0.05, 0.1) is 12.0 Å². The molecule has 2 fully saturated rings. The van der Waals surface area contributed by atoms with Crippen LogP contribution in [0.3, 0.4) is 0 Å². The van der Waals surface area contributed by atoms with E-state index in [1.807, 2.05) is 16.5 Å². The maximum absolute atomic E-state index is 12.8. The Kier molecular flexibility index (Phi) is 4.57. The number of aromatic nitrogens is 3. The number of piperidine rings is 1. The van der Waals surface area contributed by atoms with Gasteiger partial charge in [0.2, 0.25) is 5.91 Å². The number of carbonyl (C=O) groups is 1. The van der Waals surface area contributed by atoms with Gasteiger partial charge in [0.1, 0.15) is 12.7 Å². The molecule has 0 saturated carbocycles. The zero-order valence-electron chi connectivity index (χ0n) is 13.1. The summed E-state index contributed by atoms with van der Waals surface area (Å²) in [6.45, 7) is 9.05. The first-order valence-electron chi connectivity index (χ1n) is 8.03. The van der Waals surface area contributed by atoms with Gasteiger partial charge in [-0.2, -0.15) is 5.10 Å². The van der Waals surface area contributed by atoms with Crippen LogP contribution in [0.2, 0.25) is 0 Å². The monoisotopic (exact) mass is 304 g/mol. The molecule has 2 aliphatic heterocycles. The van der Waals surface area contributed by atoms with Crippen LogP contribution >= 0.6 is 0 Å². The first-order chi connectivity index (χ1) is 10.6. The fraction of sp³-hybridized carbons (Fsp3) is 0.688. The third kappa shape index (κ3) is 3.21. The molecular weight excluding hydrogens is 280 g/mol. The second kappa shape index (κ2) is 6.60. The second-order valence-electron chi connectivity index (χ2n) is 6.44. The number of hydrogen-bond acceptors (Lipinski definition) is 4. The summed E-state index contributed by atoms with van der Waals surface area (Å²) in [6, 6.07) is 0. The quantitative estimate of drug-likeness (QED) is 0.791. The Balaban J connectivity index is 1.61. The minimum atomic E-state index is -0.108. The summed E-state index contributed by atoms with van der Waals surface area (Å²) in [4.78, 5) is 18.8. The summed E-state index contributed by atoms with van der Waals surface area (Å²) in [5.41, 5.74) is 0.951. The Morgan fingerprint density at radius 3 is 3.05 bits per heavy atom. The number of rotatable bonds is 4. The van der Waals surface area contributed by atoms with Crippen LogP contribution in [0.1, 0.15) is 26.2 Å². The van der Waals surface area contributed by atoms with Crippen molar-refractivity contribution in [2.24, 2.45) is 11.8 Å². The number of amides is 1. The lowest BCUT2D eigenvalue weighted by molar-refractivity contribution is -0.138. The molecule has 3 heterocycles. The minimum Gasteiger partial charge on any atom is -0.373 e. The first-order valence-corrected chi connectivity index (χ1v) is 8.03. The molecular formula is C16H24N4O2. The molecule has 1 aromatic heterocycles. The van der Waals surface area contributed by atoms with Gasteiger partial charge in [0.15, 0.2) is 0 Å². The normalized spacial score (nSPS) is 28.8. The predicted molar refractivity (Wildman–Crippen MR) is 82.0 cm³/mol. The van der Waals surface area contributed by atoms with Crippen molar-refractivity contribution in [2.75, 3.05) is 19.7 Å². The van der Waals surface area contributed by atoms with E-state index in [-0.39, 0.29) is 17.9 Å². The second-order valence-corrected chi connectivity index (χ2v) is 6.44. The van der Waals surface area contributed by atoms with Gasteiger partial charge in [-0.3, -0.25) is 9.48 Å². The van der Waals surface area contributed by atoms with Gasteiger partial charge < -0.3 is 9.64 Å². The third-order valence-electron chi connectivity index (χ3n) is 4.64. The summed E-state index contributed by atoms with van der Waals surface area (Å²) in [7, 11) is 0. The lowest BCUT2D eigenvalue weighted by atomic mass is 9.92. The van der Waals surface area contributed by atoms with E-state index in [9.17, 15) is 4.79 Å². The maximum Gasteiger partial charge on any atom is 0.228 e. The Bertz CT molecular complexity index is 528. The third-order valence-corrected chi connectivity index (χ3v) is 4.64. The average molecular weight is 304 g/mol. The molecule has 6 nitrogen and oxygen atoms in total. The number of ether oxygens (including phenoxy) is 1. The first kappa shape index (κ1) is 15.2. The zero-order valence-corrected chi connectivity index (χ0v) is 13.1. The topological polar surface area (TPSA) is 60.2 Å². The van der Waals surface area contributed by atoms with E-state index in [0.29, 0.717) is 12.5 Å². The number of hydrogen-bond donors (Lipinski definition) is 0. The van der Waals surface area contributed by atoms with Gasteiger partial charge in [-0.25, -0.2) is 4.98 Å². The standard InChI is InChI=1S/C16H24N4O2/c1-12(2)15-14(5-7-22-15)16(21)19-6-3-4-13(8-19)9-20-11-17-10-18-20/h10-11,13-15H,1,3-9H2,2H3/t13-,14+,15+/m0/s1. The molecule has 0 spiro atoms. The van der Waals surface area contributed by atoms with Gasteiger partial charge in [0, 0.05) is 26.2 Å². The highest BCUT2D eigenvalue weighted by Crippen LogP contribution is 2.29. The molecule has 0 aliphatic carbocycles. The van der Waals surface area contributed by atoms with E-state index in [4.69, 9.17) is 4.74 Å². The van der Waals surface area contributed by atoms with Crippen LogP contribution in [-0.4, -0.2) is 51.4 Å². The fourth-order valence-electron chi connectivity index (χ4n) is 3.57. The van der Waals surface area contributed by atoms with Crippen LogP contribution in [0, 0.1) is 11.8 Å². The summed E-state index contributed by atoms with van der Waals surface area (Å²) in [6.07, 6.45) is 6.18. The van der Waals surface area contributed by atoms with E-state index in [1.165, 1.54) is 0 Å². The van der Waals surface area contributed by atoms with Crippen molar-refractivity contribution < 1.29 is 9.53 Å². The Labute approximate surface area is 131 Å². The van der Waals surface area contributed by atoms with Crippen LogP contribution in [0.25, 0.3) is 0 Å². The van der Waals surface area contributed by atoms with Gasteiger partial charge in [0.25, 0.3) is 0 Å². The lowest BCUT2D eigenvalue weighted by Crippen LogP contribution is -2.45. The SMILES string of the molecule is C=C(C)[C@H]1OCC[C@H]1C(=O)N1CCC[C@H](Cn2cncn2)C1. The van der Waals surface area contributed by atoms with Gasteiger partial charge >= 0.3 is 0 Å². The highest BCUT2D eigenvalue weighted by molar-refractivity contribution is 5.80. The Morgan fingerprint density at radius 2 is 2.32 bits per heavy atom. The summed E-state index contributed by atoms with van der Waals surface area (Å²) in [5.74, 6) is 0.626. The van der Waals surface area contributed by atoms with Crippen LogP contribution in [0.15, 0.2) is 24.8 Å². The molecule has 0 unspecified atom stereocenters. The van der Waals surface area contributed by atoms with Crippen LogP contribution in [-0.2, 0) is 16.1 Å². The zero-order chi connectivity index (χ0) is 15.5. The van der Waals surface area contributed by atoms with E-state index >= 15 is 0 Å². The molecule has 1 amide bonds. The highest BCUT2D eigenvalue weighted by atomic mass is 16.5. The predicted octanol–water partition coefficient (Wildman–Crippen LogP) is 1.50. The van der Waals surface area contributed by atoms with Crippen molar-refractivity contribution >= 4 is 5.91 Å². The molecule has 2 aliphatic rings. The molecule has 0 bridgehead atoms. The molecule has 0 aromatic carbocycles. The van der Waals surface area contributed by atoms with E-state index in [2.05, 4.69) is 16.7 Å². The fourth-order valence-corrected chi connectivity index (χ4v) is 3.57. The minimum absolute atomic E-state index is 0.0531. The van der Waals surface area contributed by atoms with Gasteiger partial charge in [-0.1, -0.05) is 12.2 Å². The van der Waals surface area contributed by atoms with Crippen molar-refractivity contribution in [3.63, 3.8) is 0 Å². The van der Waals surface area contributed by atoms with E-state index < -0.39 is 0 Å². The van der Waals surface area contributed by atoms with E-state index in [0.717, 1.165) is 44.5 Å². The maximum atomic E-state index is 12.8. The molecule has 6 heteroatoms. The molecule has 22 heavy (non-hydrogen) atoms. The smallest absolute Gasteiger partial charge is 0.228 e. The molecule has 0 N–H and O–H groups in total. The van der Waals surface area contributed by atoms with Crippen molar-refractivity contribution in [1.29, 1.82) is 0 Å². The molecule has 3 atom stereocenters. The Morgan fingerprint density at radius 1 is 1.45 bits per heavy atom.